The van der Waals surface area contributed by atoms with E-state index in [0.717, 1.165) is 25.3 Å². The molecule has 0 amide bonds. The number of nitrogens with one attached hydrogen (secondary N) is 2. The largest absolute Gasteiger partial charge is 0.508 e. The van der Waals surface area contributed by atoms with Crippen LogP contribution in [0.15, 0.2) is 30.3 Å². The summed E-state index contributed by atoms with van der Waals surface area (Å²) in [5, 5.41) is 16.4. The van der Waals surface area contributed by atoms with Gasteiger partial charge in [0.2, 0.25) is 0 Å². The zero-order chi connectivity index (χ0) is 14.1. The van der Waals surface area contributed by atoms with Crippen molar-refractivity contribution in [3.63, 3.8) is 0 Å². The third-order valence-corrected chi connectivity index (χ3v) is 3.99. The summed E-state index contributed by atoms with van der Waals surface area (Å²) in [7, 11) is 0. The first-order valence-corrected chi connectivity index (χ1v) is 7.09. The Balaban J connectivity index is 1.99. The number of phenolic OH excluding ortho intramolecular Hbond substituents is 1. The van der Waals surface area contributed by atoms with Crippen LogP contribution in [-0.2, 0) is 0 Å². The van der Waals surface area contributed by atoms with E-state index in [0.29, 0.717) is 11.8 Å². The zero-order valence-electron chi connectivity index (χ0n) is 12.0. The number of piperazine rings is 1. The van der Waals surface area contributed by atoms with Crippen molar-refractivity contribution in [3.8, 4) is 11.4 Å². The zero-order valence-corrected chi connectivity index (χ0v) is 12.0. The Hall–Kier alpha value is -1.78. The van der Waals surface area contributed by atoms with Crippen molar-refractivity contribution >= 4 is 0 Å². The minimum atomic E-state index is 0.301. The Morgan fingerprint density at radius 3 is 2.55 bits per heavy atom. The molecule has 1 aliphatic rings. The lowest BCUT2D eigenvalue weighted by Crippen LogP contribution is -2.42. The molecule has 0 radical (unpaired) electrons. The Kier molecular flexibility index (Phi) is 3.51. The van der Waals surface area contributed by atoms with Crippen LogP contribution in [0.3, 0.4) is 0 Å². The van der Waals surface area contributed by atoms with Crippen LogP contribution in [0.2, 0.25) is 0 Å². The average molecular weight is 271 g/mol. The molecule has 1 aromatic heterocycles. The standard InChI is InChI=1S/C16H21N3O/c1-11-9-15(16-10-17-7-8-18-16)12(2)19(11)13-3-5-14(20)6-4-13/h3-6,9,16-18,20H,7-8,10H2,1-2H3/t16-/m0/s1. The van der Waals surface area contributed by atoms with Gasteiger partial charge in [0.1, 0.15) is 5.75 Å². The maximum atomic E-state index is 9.42. The van der Waals surface area contributed by atoms with E-state index in [1.54, 1.807) is 12.1 Å². The van der Waals surface area contributed by atoms with Gasteiger partial charge in [0.25, 0.3) is 0 Å². The van der Waals surface area contributed by atoms with E-state index >= 15 is 0 Å². The van der Waals surface area contributed by atoms with Crippen molar-refractivity contribution in [3.05, 3.63) is 47.3 Å². The molecule has 1 fully saturated rings. The van der Waals surface area contributed by atoms with Gasteiger partial charge < -0.3 is 20.3 Å². The molecule has 1 aromatic carbocycles. The molecule has 3 N–H and O–H groups in total. The van der Waals surface area contributed by atoms with Gasteiger partial charge in [-0.1, -0.05) is 0 Å². The Morgan fingerprint density at radius 2 is 1.90 bits per heavy atom. The third-order valence-electron chi connectivity index (χ3n) is 3.99. The smallest absolute Gasteiger partial charge is 0.115 e. The Morgan fingerprint density at radius 1 is 1.15 bits per heavy atom. The summed E-state index contributed by atoms with van der Waals surface area (Å²) in [4.78, 5) is 0. The lowest BCUT2D eigenvalue weighted by molar-refractivity contribution is 0.429. The van der Waals surface area contributed by atoms with E-state index < -0.39 is 0 Å². The third kappa shape index (κ3) is 2.32. The van der Waals surface area contributed by atoms with E-state index in [2.05, 4.69) is 35.1 Å². The minimum Gasteiger partial charge on any atom is -0.508 e. The van der Waals surface area contributed by atoms with Gasteiger partial charge in [0.15, 0.2) is 0 Å². The second-order valence-corrected chi connectivity index (χ2v) is 5.39. The molecule has 3 rings (SSSR count). The molecule has 0 aliphatic carbocycles. The fraction of sp³-hybridized carbons (Fsp3) is 0.375. The predicted molar refractivity (Wildman–Crippen MR) is 80.5 cm³/mol. The minimum absolute atomic E-state index is 0.301. The second kappa shape index (κ2) is 5.31. The van der Waals surface area contributed by atoms with Gasteiger partial charge in [0.05, 0.1) is 0 Å². The summed E-state index contributed by atoms with van der Waals surface area (Å²) in [6.45, 7) is 7.30. The van der Waals surface area contributed by atoms with Gasteiger partial charge in [-0.15, -0.1) is 0 Å². The SMILES string of the molecule is Cc1cc([C@@H]2CNCCN2)c(C)n1-c1ccc(O)cc1. The number of nitrogens with zero attached hydrogens (tertiary/aromatic N) is 1. The Labute approximate surface area is 119 Å². The quantitative estimate of drug-likeness (QED) is 0.783. The highest BCUT2D eigenvalue weighted by Crippen LogP contribution is 2.26. The first-order chi connectivity index (χ1) is 9.66. The summed E-state index contributed by atoms with van der Waals surface area (Å²) >= 11 is 0. The molecule has 20 heavy (non-hydrogen) atoms. The van der Waals surface area contributed by atoms with Crippen LogP contribution >= 0.6 is 0 Å². The van der Waals surface area contributed by atoms with E-state index in [-0.39, 0.29) is 0 Å². The summed E-state index contributed by atoms with van der Waals surface area (Å²) in [6, 6.07) is 9.99. The first kappa shape index (κ1) is 13.2. The van der Waals surface area contributed by atoms with E-state index in [4.69, 9.17) is 0 Å². The van der Waals surface area contributed by atoms with E-state index in [1.165, 1.54) is 17.0 Å². The summed E-state index contributed by atoms with van der Waals surface area (Å²) < 4.78 is 2.24. The molecular weight excluding hydrogens is 250 g/mol. The van der Waals surface area contributed by atoms with Crippen LogP contribution in [0.5, 0.6) is 5.75 Å². The number of phenols is 1. The molecule has 1 aliphatic heterocycles. The van der Waals surface area contributed by atoms with E-state index in [9.17, 15) is 5.11 Å². The van der Waals surface area contributed by atoms with Gasteiger partial charge in [-0.25, -0.2) is 0 Å². The topological polar surface area (TPSA) is 49.2 Å². The maximum Gasteiger partial charge on any atom is 0.115 e. The highest BCUT2D eigenvalue weighted by atomic mass is 16.3. The van der Waals surface area contributed by atoms with E-state index in [1.807, 2.05) is 12.1 Å². The summed E-state index contributed by atoms with van der Waals surface area (Å²) in [5.41, 5.74) is 4.92. The molecule has 106 valence electrons. The van der Waals surface area contributed by atoms with Gasteiger partial charge in [-0.05, 0) is 49.7 Å². The van der Waals surface area contributed by atoms with Crippen LogP contribution < -0.4 is 10.6 Å². The molecule has 0 saturated carbocycles. The Bertz CT molecular complexity index is 595. The van der Waals surface area contributed by atoms with Crippen molar-refractivity contribution in [2.75, 3.05) is 19.6 Å². The molecule has 4 nitrogen and oxygen atoms in total. The lowest BCUT2D eigenvalue weighted by atomic mass is 10.1. The molecule has 0 unspecified atom stereocenters. The fourth-order valence-electron chi connectivity index (χ4n) is 3.01. The fourth-order valence-corrected chi connectivity index (χ4v) is 3.01. The second-order valence-electron chi connectivity index (χ2n) is 5.39. The molecular formula is C16H21N3O. The molecule has 0 bridgehead atoms. The predicted octanol–water partition coefficient (Wildman–Crippen LogP) is 2.03. The van der Waals surface area contributed by atoms with Gasteiger partial charge in [0, 0.05) is 42.8 Å². The number of aryl methyl sites for hydroxylation is 1. The number of hydrogen-bond donors (Lipinski definition) is 3. The normalized spacial score (nSPS) is 19.2. The summed E-state index contributed by atoms with van der Waals surface area (Å²) in [5.74, 6) is 0.301. The number of benzene rings is 1. The molecule has 1 atom stereocenters. The number of rotatable bonds is 2. The molecule has 2 heterocycles. The first-order valence-electron chi connectivity index (χ1n) is 7.09. The van der Waals surface area contributed by atoms with Crippen LogP contribution in [0.25, 0.3) is 5.69 Å². The van der Waals surface area contributed by atoms with Crippen LogP contribution in [-0.4, -0.2) is 29.3 Å². The lowest BCUT2D eigenvalue weighted by Gasteiger charge is -2.25. The van der Waals surface area contributed by atoms with Gasteiger partial charge in [-0.3, -0.25) is 0 Å². The van der Waals surface area contributed by atoms with Gasteiger partial charge in [-0.2, -0.15) is 0 Å². The number of aromatic nitrogens is 1. The van der Waals surface area contributed by atoms with Crippen molar-refractivity contribution in [1.82, 2.24) is 15.2 Å². The van der Waals surface area contributed by atoms with Crippen molar-refractivity contribution in [2.24, 2.45) is 0 Å². The van der Waals surface area contributed by atoms with Crippen LogP contribution in [0, 0.1) is 13.8 Å². The van der Waals surface area contributed by atoms with Crippen molar-refractivity contribution < 1.29 is 5.11 Å². The van der Waals surface area contributed by atoms with Gasteiger partial charge >= 0.3 is 0 Å². The molecule has 2 aromatic rings. The molecule has 0 spiro atoms. The monoisotopic (exact) mass is 271 g/mol. The van der Waals surface area contributed by atoms with Crippen molar-refractivity contribution in [1.29, 1.82) is 0 Å². The summed E-state index contributed by atoms with van der Waals surface area (Å²) in [6.07, 6.45) is 0. The van der Waals surface area contributed by atoms with Crippen molar-refractivity contribution in [2.45, 2.75) is 19.9 Å². The highest BCUT2D eigenvalue weighted by Gasteiger charge is 2.20. The molecule has 1 saturated heterocycles. The number of hydrogen-bond acceptors (Lipinski definition) is 3. The average Bonchev–Trinajstić information content (AvgIpc) is 2.76. The highest BCUT2D eigenvalue weighted by molar-refractivity contribution is 5.44. The van der Waals surface area contributed by atoms with Crippen LogP contribution in [0.4, 0.5) is 0 Å². The maximum absolute atomic E-state index is 9.42. The molecule has 4 heteroatoms. The van der Waals surface area contributed by atoms with Crippen LogP contribution in [0.1, 0.15) is 23.0 Å². The number of aromatic hydroxyl groups is 1.